The fourth-order valence-corrected chi connectivity index (χ4v) is 4.84. The molecule has 1 fully saturated rings. The molecular weight excluding hydrogens is 428 g/mol. The minimum atomic E-state index is -3.68. The van der Waals surface area contributed by atoms with Crippen LogP contribution in [0.4, 0.5) is 8.78 Å². The van der Waals surface area contributed by atoms with E-state index in [1.54, 1.807) is 12.1 Å². The number of hydrazone groups is 1. The van der Waals surface area contributed by atoms with E-state index in [0.29, 0.717) is 18.7 Å². The van der Waals surface area contributed by atoms with Gasteiger partial charge in [-0.15, -0.1) is 0 Å². The monoisotopic (exact) mass is 451 g/mol. The number of ether oxygens (including phenoxy) is 1. The first-order valence-corrected chi connectivity index (χ1v) is 11.2. The summed E-state index contributed by atoms with van der Waals surface area (Å²) >= 11 is 0. The highest BCUT2D eigenvalue weighted by Gasteiger charge is 2.26. The molecule has 3 rings (SSSR count). The minimum Gasteiger partial charge on any atom is -0.434 e. The van der Waals surface area contributed by atoms with Crippen molar-refractivity contribution in [3.63, 3.8) is 0 Å². The number of carbonyl (C=O) groups is 1. The van der Waals surface area contributed by atoms with Crippen LogP contribution in [0.15, 0.2) is 58.5 Å². The van der Waals surface area contributed by atoms with E-state index in [4.69, 9.17) is 0 Å². The Kier molecular flexibility index (Phi) is 7.34. The van der Waals surface area contributed by atoms with Crippen molar-refractivity contribution < 1.29 is 26.7 Å². The molecule has 1 saturated heterocycles. The molecule has 166 valence electrons. The highest BCUT2D eigenvalue weighted by atomic mass is 32.2. The Morgan fingerprint density at radius 2 is 1.81 bits per heavy atom. The summed E-state index contributed by atoms with van der Waals surface area (Å²) in [5.41, 5.74) is 3.00. The Balaban J connectivity index is 1.76. The van der Waals surface area contributed by atoms with Crippen molar-refractivity contribution >= 4 is 21.6 Å². The fourth-order valence-electron chi connectivity index (χ4n) is 3.28. The van der Waals surface area contributed by atoms with Gasteiger partial charge in [0.15, 0.2) is 0 Å². The molecule has 1 amide bonds. The zero-order valence-electron chi connectivity index (χ0n) is 16.9. The summed E-state index contributed by atoms with van der Waals surface area (Å²) in [6, 6.07) is 11.8. The average Bonchev–Trinajstić information content (AvgIpc) is 2.78. The lowest BCUT2D eigenvalue weighted by Crippen LogP contribution is -2.35. The first kappa shape index (κ1) is 22.8. The molecular formula is C21H23F2N3O4S. The number of carbonyl (C=O) groups excluding carboxylic acids is 1. The van der Waals surface area contributed by atoms with E-state index in [9.17, 15) is 22.0 Å². The number of para-hydroxylation sites is 1. The molecule has 0 saturated carbocycles. The number of benzene rings is 2. The third kappa shape index (κ3) is 5.65. The van der Waals surface area contributed by atoms with Crippen molar-refractivity contribution in [3.8, 4) is 5.75 Å². The molecule has 0 aliphatic carbocycles. The van der Waals surface area contributed by atoms with Gasteiger partial charge in [-0.3, -0.25) is 4.79 Å². The first-order valence-electron chi connectivity index (χ1n) is 9.78. The van der Waals surface area contributed by atoms with E-state index in [2.05, 4.69) is 15.3 Å². The van der Waals surface area contributed by atoms with Crippen LogP contribution in [-0.4, -0.2) is 44.0 Å². The Morgan fingerprint density at radius 1 is 1.10 bits per heavy atom. The molecule has 0 aromatic heterocycles. The number of rotatable bonds is 7. The summed E-state index contributed by atoms with van der Waals surface area (Å²) in [4.78, 5) is 12.6. The maximum absolute atomic E-state index is 12.8. The number of amides is 1. The quantitative estimate of drug-likeness (QED) is 0.515. The predicted molar refractivity (Wildman–Crippen MR) is 112 cm³/mol. The van der Waals surface area contributed by atoms with Crippen LogP contribution in [0.5, 0.6) is 5.75 Å². The molecule has 0 radical (unpaired) electrons. The molecule has 7 nitrogen and oxygen atoms in total. The maximum atomic E-state index is 12.8. The van der Waals surface area contributed by atoms with Crippen LogP contribution in [0, 0.1) is 0 Å². The lowest BCUT2D eigenvalue weighted by Gasteiger charge is -2.25. The number of nitrogens with zero attached hydrogens (tertiary/aromatic N) is 2. The molecule has 31 heavy (non-hydrogen) atoms. The standard InChI is InChI=1S/C21H23F2N3O4S/c1-15(18-10-3-4-11-19(18)30-21(22)23)24-25-20(27)16-8-7-9-17(14-16)31(28,29)26-12-5-2-6-13-26/h3-4,7-11,14,21H,2,5-6,12-13H2,1H3,(H,25,27)/b24-15-. The molecule has 0 bridgehead atoms. The van der Waals surface area contributed by atoms with Gasteiger partial charge in [0.05, 0.1) is 10.6 Å². The fraction of sp³-hybridized carbons (Fsp3) is 0.333. The third-order valence-electron chi connectivity index (χ3n) is 4.87. The van der Waals surface area contributed by atoms with Crippen LogP contribution < -0.4 is 10.2 Å². The van der Waals surface area contributed by atoms with E-state index in [1.165, 1.54) is 47.6 Å². The van der Waals surface area contributed by atoms with Gasteiger partial charge in [-0.2, -0.15) is 18.2 Å². The summed E-state index contributed by atoms with van der Waals surface area (Å²) in [5, 5.41) is 3.95. The van der Waals surface area contributed by atoms with Gasteiger partial charge in [0.2, 0.25) is 10.0 Å². The molecule has 1 heterocycles. The third-order valence-corrected chi connectivity index (χ3v) is 6.76. The van der Waals surface area contributed by atoms with Crippen molar-refractivity contribution in [1.29, 1.82) is 0 Å². The Labute approximate surface area is 179 Å². The molecule has 1 aliphatic heterocycles. The molecule has 0 unspecified atom stereocenters. The molecule has 0 atom stereocenters. The Bertz CT molecular complexity index is 1070. The molecule has 1 N–H and O–H groups in total. The normalized spacial score (nSPS) is 15.7. The number of hydrogen-bond donors (Lipinski definition) is 1. The Hall–Kier alpha value is -2.85. The first-order chi connectivity index (χ1) is 14.8. The smallest absolute Gasteiger partial charge is 0.387 e. The predicted octanol–water partition coefficient (Wildman–Crippen LogP) is 3.62. The minimum absolute atomic E-state index is 0.0402. The lowest BCUT2D eigenvalue weighted by molar-refractivity contribution is -0.0499. The van der Waals surface area contributed by atoms with Crippen LogP contribution in [-0.2, 0) is 10.0 Å². The highest BCUT2D eigenvalue weighted by molar-refractivity contribution is 7.89. The largest absolute Gasteiger partial charge is 0.434 e. The van der Waals surface area contributed by atoms with Gasteiger partial charge in [-0.05, 0) is 50.1 Å². The molecule has 1 aliphatic rings. The summed E-state index contributed by atoms with van der Waals surface area (Å²) in [6.45, 7) is -0.538. The van der Waals surface area contributed by atoms with Crippen molar-refractivity contribution in [3.05, 3.63) is 59.7 Å². The van der Waals surface area contributed by atoms with Crippen LogP contribution in [0.25, 0.3) is 0 Å². The van der Waals surface area contributed by atoms with Gasteiger partial charge in [0, 0.05) is 24.2 Å². The van der Waals surface area contributed by atoms with E-state index in [0.717, 1.165) is 19.3 Å². The maximum Gasteiger partial charge on any atom is 0.387 e. The van der Waals surface area contributed by atoms with Gasteiger partial charge in [-0.1, -0.05) is 24.6 Å². The number of halogens is 2. The van der Waals surface area contributed by atoms with Crippen LogP contribution in [0.2, 0.25) is 0 Å². The Morgan fingerprint density at radius 3 is 2.52 bits per heavy atom. The van der Waals surface area contributed by atoms with E-state index in [-0.39, 0.29) is 21.9 Å². The summed E-state index contributed by atoms with van der Waals surface area (Å²) in [6.07, 6.45) is 2.62. The van der Waals surface area contributed by atoms with Gasteiger partial charge in [-0.25, -0.2) is 13.8 Å². The highest BCUT2D eigenvalue weighted by Crippen LogP contribution is 2.22. The zero-order valence-corrected chi connectivity index (χ0v) is 17.7. The number of nitrogens with one attached hydrogen (secondary N) is 1. The van der Waals surface area contributed by atoms with Crippen LogP contribution in [0.3, 0.4) is 0 Å². The van der Waals surface area contributed by atoms with Gasteiger partial charge >= 0.3 is 6.61 Å². The van der Waals surface area contributed by atoms with Crippen molar-refractivity contribution in [2.75, 3.05) is 13.1 Å². The number of alkyl halides is 2. The van der Waals surface area contributed by atoms with Crippen molar-refractivity contribution in [2.45, 2.75) is 37.7 Å². The molecule has 2 aromatic rings. The lowest BCUT2D eigenvalue weighted by atomic mass is 10.1. The SMILES string of the molecule is C/C(=N/NC(=O)c1cccc(S(=O)(=O)N2CCCCC2)c1)c1ccccc1OC(F)F. The van der Waals surface area contributed by atoms with E-state index in [1.807, 2.05) is 0 Å². The summed E-state index contributed by atoms with van der Waals surface area (Å²) in [7, 11) is -3.68. The topological polar surface area (TPSA) is 88.1 Å². The number of hydrogen-bond acceptors (Lipinski definition) is 5. The number of piperidine rings is 1. The second-order valence-electron chi connectivity index (χ2n) is 7.01. The second kappa shape index (κ2) is 9.97. The van der Waals surface area contributed by atoms with Gasteiger partial charge in [0.25, 0.3) is 5.91 Å². The summed E-state index contributed by atoms with van der Waals surface area (Å²) in [5.74, 6) is -0.690. The number of sulfonamides is 1. The van der Waals surface area contributed by atoms with Gasteiger partial charge < -0.3 is 4.74 Å². The van der Waals surface area contributed by atoms with E-state index >= 15 is 0 Å². The van der Waals surface area contributed by atoms with E-state index < -0.39 is 22.5 Å². The van der Waals surface area contributed by atoms with Crippen molar-refractivity contribution in [1.82, 2.24) is 9.73 Å². The molecule has 0 spiro atoms. The van der Waals surface area contributed by atoms with Gasteiger partial charge in [0.1, 0.15) is 5.75 Å². The molecule has 10 heteroatoms. The summed E-state index contributed by atoms with van der Waals surface area (Å²) < 4.78 is 56.7. The second-order valence-corrected chi connectivity index (χ2v) is 8.94. The average molecular weight is 451 g/mol. The molecule has 2 aromatic carbocycles. The zero-order chi connectivity index (χ0) is 22.4. The van der Waals surface area contributed by atoms with Crippen molar-refractivity contribution in [2.24, 2.45) is 5.10 Å². The van der Waals surface area contributed by atoms with Crippen LogP contribution in [0.1, 0.15) is 42.1 Å². The van der Waals surface area contributed by atoms with Crippen LogP contribution >= 0.6 is 0 Å².